The molecule has 0 aromatic carbocycles. The first-order valence-corrected chi connectivity index (χ1v) is 6.93. The van der Waals surface area contributed by atoms with Gasteiger partial charge in [0.25, 0.3) is 0 Å². The number of hydrogen-bond acceptors (Lipinski definition) is 5. The van der Waals surface area contributed by atoms with E-state index in [2.05, 4.69) is 9.97 Å². The van der Waals surface area contributed by atoms with Crippen molar-refractivity contribution in [2.45, 2.75) is 42.6 Å². The van der Waals surface area contributed by atoms with Crippen LogP contribution in [0.25, 0.3) is 0 Å². The third-order valence-electron chi connectivity index (χ3n) is 2.68. The molecule has 2 heterocycles. The van der Waals surface area contributed by atoms with E-state index in [0.29, 0.717) is 5.25 Å². The maximum Gasteiger partial charge on any atom is 0.187 e. The molecule has 1 aromatic rings. The van der Waals surface area contributed by atoms with E-state index in [1.54, 1.807) is 11.8 Å². The molecule has 94 valence electrons. The summed E-state index contributed by atoms with van der Waals surface area (Å²) in [6, 6.07) is 0.160. The molecule has 0 aliphatic carbocycles. The van der Waals surface area contributed by atoms with Gasteiger partial charge < -0.3 is 10.5 Å². The van der Waals surface area contributed by atoms with Crippen LogP contribution in [0, 0.1) is 0 Å². The molecule has 2 rings (SSSR count). The van der Waals surface area contributed by atoms with Gasteiger partial charge in [-0.05, 0) is 31.7 Å². The second kappa shape index (κ2) is 6.33. The molecule has 1 fully saturated rings. The Labute approximate surface area is 106 Å². The SMILES string of the molecule is CC(N)Cc1cnc(SC2CCOCC2)nc1. The van der Waals surface area contributed by atoms with Gasteiger partial charge in [-0.3, -0.25) is 0 Å². The van der Waals surface area contributed by atoms with Gasteiger partial charge >= 0.3 is 0 Å². The van der Waals surface area contributed by atoms with E-state index in [-0.39, 0.29) is 6.04 Å². The van der Waals surface area contributed by atoms with Crippen LogP contribution in [-0.4, -0.2) is 34.5 Å². The first kappa shape index (κ1) is 12.8. The Morgan fingerprint density at radius 1 is 1.41 bits per heavy atom. The molecule has 0 amide bonds. The molecule has 0 radical (unpaired) electrons. The fourth-order valence-electron chi connectivity index (χ4n) is 1.82. The summed E-state index contributed by atoms with van der Waals surface area (Å²) >= 11 is 1.76. The number of rotatable bonds is 4. The number of thioether (sulfide) groups is 1. The van der Waals surface area contributed by atoms with Crippen LogP contribution in [0.5, 0.6) is 0 Å². The van der Waals surface area contributed by atoms with Crippen LogP contribution in [0.1, 0.15) is 25.3 Å². The minimum atomic E-state index is 0.160. The van der Waals surface area contributed by atoms with Gasteiger partial charge in [0.1, 0.15) is 0 Å². The third-order valence-corrected chi connectivity index (χ3v) is 3.91. The average Bonchev–Trinajstić information content (AvgIpc) is 2.32. The van der Waals surface area contributed by atoms with Crippen LogP contribution >= 0.6 is 11.8 Å². The van der Waals surface area contributed by atoms with E-state index in [4.69, 9.17) is 10.5 Å². The predicted octanol–water partition coefficient (Wildman–Crippen LogP) is 1.64. The van der Waals surface area contributed by atoms with Crippen molar-refractivity contribution in [2.75, 3.05) is 13.2 Å². The quantitative estimate of drug-likeness (QED) is 0.827. The van der Waals surface area contributed by atoms with Gasteiger partial charge in [-0.15, -0.1) is 0 Å². The van der Waals surface area contributed by atoms with E-state index in [1.165, 1.54) is 0 Å². The van der Waals surface area contributed by atoms with Crippen molar-refractivity contribution in [3.05, 3.63) is 18.0 Å². The Kier molecular flexibility index (Phi) is 4.76. The fourth-order valence-corrected chi connectivity index (χ4v) is 2.78. The molecule has 5 heteroatoms. The Morgan fingerprint density at radius 3 is 2.65 bits per heavy atom. The second-order valence-electron chi connectivity index (χ2n) is 4.48. The lowest BCUT2D eigenvalue weighted by atomic mass is 10.1. The molecule has 2 N–H and O–H groups in total. The molecule has 0 bridgehead atoms. The highest BCUT2D eigenvalue weighted by atomic mass is 32.2. The van der Waals surface area contributed by atoms with Crippen molar-refractivity contribution in [1.29, 1.82) is 0 Å². The van der Waals surface area contributed by atoms with Crippen molar-refractivity contribution in [3.8, 4) is 0 Å². The molecule has 1 unspecified atom stereocenters. The smallest absolute Gasteiger partial charge is 0.187 e. The van der Waals surface area contributed by atoms with Crippen LogP contribution in [0.15, 0.2) is 17.6 Å². The van der Waals surface area contributed by atoms with Gasteiger partial charge in [-0.1, -0.05) is 11.8 Å². The van der Waals surface area contributed by atoms with Crippen molar-refractivity contribution < 1.29 is 4.74 Å². The highest BCUT2D eigenvalue weighted by Gasteiger charge is 2.16. The lowest BCUT2D eigenvalue weighted by Gasteiger charge is -2.20. The highest BCUT2D eigenvalue weighted by Crippen LogP contribution is 2.26. The second-order valence-corrected chi connectivity index (χ2v) is 5.75. The molecule has 1 aliphatic heterocycles. The number of aromatic nitrogens is 2. The predicted molar refractivity (Wildman–Crippen MR) is 69.1 cm³/mol. The summed E-state index contributed by atoms with van der Waals surface area (Å²) in [4.78, 5) is 8.76. The summed E-state index contributed by atoms with van der Waals surface area (Å²) in [5.74, 6) is 0. The summed E-state index contributed by atoms with van der Waals surface area (Å²) < 4.78 is 5.33. The summed E-state index contributed by atoms with van der Waals surface area (Å²) in [7, 11) is 0. The van der Waals surface area contributed by atoms with Crippen LogP contribution < -0.4 is 5.73 Å². The van der Waals surface area contributed by atoms with E-state index >= 15 is 0 Å². The summed E-state index contributed by atoms with van der Waals surface area (Å²) in [5.41, 5.74) is 6.84. The molecule has 1 saturated heterocycles. The number of nitrogens with zero attached hydrogens (tertiary/aromatic N) is 2. The van der Waals surface area contributed by atoms with Crippen molar-refractivity contribution in [1.82, 2.24) is 9.97 Å². The molecule has 1 aromatic heterocycles. The maximum atomic E-state index is 5.74. The minimum Gasteiger partial charge on any atom is -0.381 e. The van der Waals surface area contributed by atoms with Crippen molar-refractivity contribution in [3.63, 3.8) is 0 Å². The standard InChI is InChI=1S/C12H19N3OS/c1-9(13)6-10-7-14-12(15-8-10)17-11-2-4-16-5-3-11/h7-9,11H,2-6,13H2,1H3. The minimum absolute atomic E-state index is 0.160. The molecule has 17 heavy (non-hydrogen) atoms. The number of nitrogens with two attached hydrogens (primary N) is 1. The normalized spacial score (nSPS) is 19.2. The molecule has 1 aliphatic rings. The summed E-state index contributed by atoms with van der Waals surface area (Å²) in [5, 5.41) is 1.47. The van der Waals surface area contributed by atoms with Crippen LogP contribution in [-0.2, 0) is 11.2 Å². The maximum absolute atomic E-state index is 5.74. The number of ether oxygens (including phenoxy) is 1. The van der Waals surface area contributed by atoms with Gasteiger partial charge in [0.05, 0.1) is 0 Å². The average molecular weight is 253 g/mol. The van der Waals surface area contributed by atoms with E-state index in [0.717, 1.165) is 43.2 Å². The van der Waals surface area contributed by atoms with Gasteiger partial charge in [0.15, 0.2) is 5.16 Å². The monoisotopic (exact) mass is 253 g/mol. The fraction of sp³-hybridized carbons (Fsp3) is 0.667. The Bertz CT molecular complexity index is 336. The van der Waals surface area contributed by atoms with E-state index in [9.17, 15) is 0 Å². The van der Waals surface area contributed by atoms with Crippen LogP contribution in [0.3, 0.4) is 0 Å². The van der Waals surface area contributed by atoms with E-state index < -0.39 is 0 Å². The summed E-state index contributed by atoms with van der Waals surface area (Å²) in [6.07, 6.45) is 6.80. The zero-order chi connectivity index (χ0) is 12.1. The van der Waals surface area contributed by atoms with E-state index in [1.807, 2.05) is 19.3 Å². The molecule has 4 nitrogen and oxygen atoms in total. The number of hydrogen-bond donors (Lipinski definition) is 1. The van der Waals surface area contributed by atoms with Gasteiger partial charge in [0, 0.05) is 36.9 Å². The lowest BCUT2D eigenvalue weighted by molar-refractivity contribution is 0.1000. The Morgan fingerprint density at radius 2 is 2.06 bits per heavy atom. The molecular weight excluding hydrogens is 234 g/mol. The zero-order valence-corrected chi connectivity index (χ0v) is 10.9. The Balaban J connectivity index is 1.88. The largest absolute Gasteiger partial charge is 0.381 e. The molecule has 0 spiro atoms. The van der Waals surface area contributed by atoms with Crippen LogP contribution in [0.2, 0.25) is 0 Å². The van der Waals surface area contributed by atoms with Crippen molar-refractivity contribution >= 4 is 11.8 Å². The molecular formula is C12H19N3OS. The third kappa shape index (κ3) is 4.26. The first-order chi connectivity index (χ1) is 8.24. The van der Waals surface area contributed by atoms with Gasteiger partial charge in [-0.25, -0.2) is 9.97 Å². The molecule has 0 saturated carbocycles. The molecule has 1 atom stereocenters. The lowest BCUT2D eigenvalue weighted by Crippen LogP contribution is -2.18. The topological polar surface area (TPSA) is 61.0 Å². The van der Waals surface area contributed by atoms with Gasteiger partial charge in [-0.2, -0.15) is 0 Å². The van der Waals surface area contributed by atoms with Crippen LogP contribution in [0.4, 0.5) is 0 Å². The highest BCUT2D eigenvalue weighted by molar-refractivity contribution is 7.99. The first-order valence-electron chi connectivity index (χ1n) is 6.05. The zero-order valence-electron chi connectivity index (χ0n) is 10.1. The Hall–Kier alpha value is -0.650. The summed E-state index contributed by atoms with van der Waals surface area (Å²) in [6.45, 7) is 3.71. The van der Waals surface area contributed by atoms with Crippen molar-refractivity contribution in [2.24, 2.45) is 5.73 Å². The van der Waals surface area contributed by atoms with Gasteiger partial charge in [0.2, 0.25) is 0 Å².